The number of aryl methyl sites for hydroxylation is 1. The number of hydrogen-bond acceptors (Lipinski definition) is 7. The van der Waals surface area contributed by atoms with Crippen molar-refractivity contribution in [2.45, 2.75) is 50.4 Å². The van der Waals surface area contributed by atoms with Crippen LogP contribution in [0.4, 0.5) is 23.4 Å². The minimum Gasteiger partial charge on any atom is -0.477 e. The maximum Gasteiger partial charge on any atom is 0.490 e. The predicted octanol–water partition coefficient (Wildman–Crippen LogP) is 3.00. The van der Waals surface area contributed by atoms with Crippen molar-refractivity contribution in [3.05, 3.63) is 53.4 Å². The Hall–Kier alpha value is -3.81. The lowest BCUT2D eigenvalue weighted by Gasteiger charge is -2.31. The molecule has 0 spiro atoms. The summed E-state index contributed by atoms with van der Waals surface area (Å²) < 4.78 is 47.4. The molecule has 3 aromatic heterocycles. The molecule has 14 heteroatoms. The molecule has 2 aliphatic rings. The molecular weight excluding hydrogens is 500 g/mol. The van der Waals surface area contributed by atoms with Crippen LogP contribution >= 0.6 is 0 Å². The van der Waals surface area contributed by atoms with Gasteiger partial charge in [0, 0.05) is 30.0 Å². The molecule has 2 fully saturated rings. The second-order valence-electron chi connectivity index (χ2n) is 9.15. The lowest BCUT2D eigenvalue weighted by atomic mass is 9.97. The zero-order valence-electron chi connectivity index (χ0n) is 19.6. The number of aromatic carboxylic acids is 1. The van der Waals surface area contributed by atoms with Crippen LogP contribution in [0.5, 0.6) is 0 Å². The highest BCUT2D eigenvalue weighted by Gasteiger charge is 2.64. The first kappa shape index (κ1) is 26.3. The van der Waals surface area contributed by atoms with E-state index in [1.54, 1.807) is 12.3 Å². The smallest absolute Gasteiger partial charge is 0.477 e. The lowest BCUT2D eigenvalue weighted by molar-refractivity contribution is -0.192. The van der Waals surface area contributed by atoms with E-state index in [1.165, 1.54) is 16.9 Å². The number of rotatable bonds is 6. The summed E-state index contributed by atoms with van der Waals surface area (Å²) in [6.07, 6.45) is 2.54. The fourth-order valence-corrected chi connectivity index (χ4v) is 4.83. The molecule has 1 saturated heterocycles. The zero-order chi connectivity index (χ0) is 27.1. The molecule has 5 rings (SSSR count). The highest BCUT2D eigenvalue weighted by Crippen LogP contribution is 2.63. The molecule has 3 atom stereocenters. The van der Waals surface area contributed by atoms with E-state index in [4.69, 9.17) is 15.6 Å². The molecule has 0 aromatic carbocycles. The molecule has 2 unspecified atom stereocenters. The third-order valence-corrected chi connectivity index (χ3v) is 6.60. The number of piperidine rings is 1. The minimum absolute atomic E-state index is 0.0391. The van der Waals surface area contributed by atoms with Gasteiger partial charge in [0.15, 0.2) is 5.65 Å². The number of nitrogens with zero attached hydrogens (tertiary/aromatic N) is 5. The Bertz CT molecular complexity index is 1340. The standard InChI is InChI=1S/C21H23FN6O2.C2HF3O2/c1-12(23)2-3-17-16(8-14(22)10-24-17)21-9-13(21)4-6-27(21)18-5-7-28-19(26-18)15(11-25-28)20(29)30;3-2(4,5)1(6)7/h5,7-8,10-13H,2-4,6,9,23H2,1H3,(H,29,30);(H,6,7)/t12-,13?,21?;/m1./s1. The van der Waals surface area contributed by atoms with Crippen LogP contribution in [0, 0.1) is 11.7 Å². The van der Waals surface area contributed by atoms with Crippen molar-refractivity contribution in [1.29, 1.82) is 0 Å². The number of hydrogen-bond donors (Lipinski definition) is 3. The summed E-state index contributed by atoms with van der Waals surface area (Å²) in [5, 5.41) is 20.6. The molecule has 0 amide bonds. The number of anilines is 1. The zero-order valence-corrected chi connectivity index (χ0v) is 19.6. The first-order valence-corrected chi connectivity index (χ1v) is 11.4. The van der Waals surface area contributed by atoms with Crippen LogP contribution < -0.4 is 10.6 Å². The predicted molar refractivity (Wildman–Crippen MR) is 122 cm³/mol. The third kappa shape index (κ3) is 5.05. The summed E-state index contributed by atoms with van der Waals surface area (Å²) in [6, 6.07) is 3.47. The molecule has 198 valence electrons. The Balaban J connectivity index is 0.000000405. The number of aliphatic carboxylic acids is 1. The average molecular weight is 524 g/mol. The molecule has 10 nitrogen and oxygen atoms in total. The maximum atomic E-state index is 14.2. The van der Waals surface area contributed by atoms with Crippen LogP contribution in [0.15, 0.2) is 30.7 Å². The summed E-state index contributed by atoms with van der Waals surface area (Å²) in [5.74, 6) is -3.10. The summed E-state index contributed by atoms with van der Waals surface area (Å²) in [5.41, 5.74) is 7.72. The average Bonchev–Trinajstić information content (AvgIpc) is 3.19. The monoisotopic (exact) mass is 524 g/mol. The minimum atomic E-state index is -5.08. The highest BCUT2D eigenvalue weighted by molar-refractivity contribution is 5.94. The van der Waals surface area contributed by atoms with Crippen LogP contribution in [0.25, 0.3) is 5.65 Å². The Labute approximate surface area is 207 Å². The normalized spacial score (nSPS) is 21.2. The van der Waals surface area contributed by atoms with Gasteiger partial charge in [0.2, 0.25) is 0 Å². The molecule has 1 aliphatic heterocycles. The van der Waals surface area contributed by atoms with Crippen LogP contribution in [-0.4, -0.2) is 60.5 Å². The molecule has 0 radical (unpaired) electrons. The molecule has 1 aliphatic carbocycles. The van der Waals surface area contributed by atoms with Crippen molar-refractivity contribution in [2.24, 2.45) is 11.7 Å². The molecule has 0 bridgehead atoms. The van der Waals surface area contributed by atoms with Gasteiger partial charge < -0.3 is 20.8 Å². The number of aromatic nitrogens is 4. The number of carbonyl (C=O) groups is 2. The molecule has 1 saturated carbocycles. The van der Waals surface area contributed by atoms with Crippen molar-refractivity contribution in [1.82, 2.24) is 19.6 Å². The van der Waals surface area contributed by atoms with Crippen molar-refractivity contribution in [3.8, 4) is 0 Å². The first-order chi connectivity index (χ1) is 17.3. The van der Waals surface area contributed by atoms with E-state index in [9.17, 15) is 27.5 Å². The molecule has 4 heterocycles. The Morgan fingerprint density at radius 1 is 1.30 bits per heavy atom. The van der Waals surface area contributed by atoms with Gasteiger partial charge in [-0.15, -0.1) is 0 Å². The fourth-order valence-electron chi connectivity index (χ4n) is 4.83. The van der Waals surface area contributed by atoms with Crippen LogP contribution in [-0.2, 0) is 16.8 Å². The summed E-state index contributed by atoms with van der Waals surface area (Å²) in [6.45, 7) is 2.72. The largest absolute Gasteiger partial charge is 0.490 e. The van der Waals surface area contributed by atoms with Gasteiger partial charge in [-0.3, -0.25) is 4.98 Å². The molecule has 4 N–H and O–H groups in total. The van der Waals surface area contributed by atoms with E-state index in [1.807, 2.05) is 13.0 Å². The van der Waals surface area contributed by atoms with Gasteiger partial charge in [-0.2, -0.15) is 18.3 Å². The number of pyridine rings is 1. The molecular formula is C23H24F4N6O4. The number of halogens is 4. The SMILES string of the molecule is C[C@@H](N)CCc1ncc(F)cc1C12CC1CCN2c1ccn2ncc(C(=O)O)c2n1.O=C(O)C(F)(F)F. The van der Waals surface area contributed by atoms with E-state index in [-0.39, 0.29) is 23.0 Å². The van der Waals surface area contributed by atoms with Gasteiger partial charge in [0.1, 0.15) is 17.2 Å². The van der Waals surface area contributed by atoms with E-state index in [0.29, 0.717) is 23.8 Å². The van der Waals surface area contributed by atoms with Crippen LogP contribution in [0.1, 0.15) is 47.8 Å². The first-order valence-electron chi connectivity index (χ1n) is 11.4. The number of carboxylic acids is 2. The van der Waals surface area contributed by atoms with Crippen molar-refractivity contribution in [3.63, 3.8) is 0 Å². The van der Waals surface area contributed by atoms with Crippen LogP contribution in [0.2, 0.25) is 0 Å². The van der Waals surface area contributed by atoms with Gasteiger partial charge >= 0.3 is 18.1 Å². The van der Waals surface area contributed by atoms with E-state index >= 15 is 0 Å². The van der Waals surface area contributed by atoms with E-state index in [2.05, 4.69) is 20.0 Å². The van der Waals surface area contributed by atoms with Crippen LogP contribution in [0.3, 0.4) is 0 Å². The number of fused-ring (bicyclic) bond motifs is 2. The second kappa shape index (κ2) is 9.57. The van der Waals surface area contributed by atoms with Crippen molar-refractivity contribution in [2.75, 3.05) is 11.4 Å². The topological polar surface area (TPSA) is 147 Å². The Kier molecular flexibility index (Phi) is 6.79. The summed E-state index contributed by atoms with van der Waals surface area (Å²) >= 11 is 0. The number of alkyl halides is 3. The fraction of sp³-hybridized carbons (Fsp3) is 0.435. The van der Waals surface area contributed by atoms with Gasteiger partial charge in [-0.25, -0.2) is 23.5 Å². The third-order valence-electron chi connectivity index (χ3n) is 6.60. The maximum absolute atomic E-state index is 14.2. The van der Waals surface area contributed by atoms with Gasteiger partial charge in [0.25, 0.3) is 0 Å². The summed E-state index contributed by atoms with van der Waals surface area (Å²) in [4.78, 5) is 31.6. The van der Waals surface area contributed by atoms with Gasteiger partial charge in [0.05, 0.1) is 17.9 Å². The quantitative estimate of drug-likeness (QED) is 0.414. The second-order valence-corrected chi connectivity index (χ2v) is 9.15. The van der Waals surface area contributed by atoms with Gasteiger partial charge in [-0.05, 0) is 50.7 Å². The molecule has 3 aromatic rings. The lowest BCUT2D eigenvalue weighted by Crippen LogP contribution is -2.35. The Morgan fingerprint density at radius 2 is 2.00 bits per heavy atom. The van der Waals surface area contributed by atoms with E-state index in [0.717, 1.165) is 37.1 Å². The van der Waals surface area contributed by atoms with Crippen molar-refractivity contribution >= 4 is 23.4 Å². The van der Waals surface area contributed by atoms with Gasteiger partial charge in [-0.1, -0.05) is 0 Å². The van der Waals surface area contributed by atoms with Crippen molar-refractivity contribution < 1.29 is 37.4 Å². The molecule has 37 heavy (non-hydrogen) atoms. The summed E-state index contributed by atoms with van der Waals surface area (Å²) in [7, 11) is 0. The number of nitrogens with two attached hydrogens (primary N) is 1. The number of carboxylic acid groups (broad SMARTS) is 2. The Morgan fingerprint density at radius 3 is 2.59 bits per heavy atom. The van der Waals surface area contributed by atoms with E-state index < -0.39 is 18.1 Å². The highest BCUT2D eigenvalue weighted by atomic mass is 19.4.